The first-order chi connectivity index (χ1) is 28.6. The van der Waals surface area contributed by atoms with Gasteiger partial charge in [-0.3, -0.25) is 0 Å². The number of carbonyl (C=O) groups excluding carboxylic acids is 1. The molecule has 2 saturated heterocycles. The number of ether oxygens (including phenoxy) is 8. The normalized spacial score (nSPS) is 21.3. The Morgan fingerprint density at radius 3 is 1.57 bits per heavy atom. The highest BCUT2D eigenvalue weighted by molar-refractivity contribution is 5.91. The van der Waals surface area contributed by atoms with Crippen molar-refractivity contribution in [2.45, 2.75) is 63.4 Å². The number of rotatable bonds is 15. The summed E-state index contributed by atoms with van der Waals surface area (Å²) in [5, 5.41) is 11.8. The summed E-state index contributed by atoms with van der Waals surface area (Å²) in [5.74, 6) is 0.129. The van der Waals surface area contributed by atoms with Crippen LogP contribution in [-0.2, 0) is 50.1 Å². The fraction of sp³-hybridized carbons (Fsp3) is 0.229. The minimum Gasteiger partial charge on any atom is -0.485 e. The molecule has 1 unspecified atom stereocenters. The van der Waals surface area contributed by atoms with Gasteiger partial charge in [0, 0.05) is 5.56 Å². The first-order valence-corrected chi connectivity index (χ1v) is 19.3. The van der Waals surface area contributed by atoms with Crippen LogP contribution in [0.15, 0.2) is 164 Å². The Morgan fingerprint density at radius 2 is 1.05 bits per heavy atom. The minimum atomic E-state index is -1.42. The molecule has 6 aromatic carbocycles. The van der Waals surface area contributed by atoms with Crippen molar-refractivity contribution in [3.8, 4) is 17.2 Å². The van der Waals surface area contributed by atoms with Crippen LogP contribution in [0.5, 0.6) is 17.2 Å². The molecular weight excluding hydrogens is 737 g/mol. The Kier molecular flexibility index (Phi) is 12.7. The fourth-order valence-electron chi connectivity index (χ4n) is 6.81. The van der Waals surface area contributed by atoms with E-state index in [0.717, 1.165) is 27.8 Å². The van der Waals surface area contributed by atoms with E-state index in [1.807, 2.05) is 152 Å². The van der Waals surface area contributed by atoms with Crippen molar-refractivity contribution < 1.29 is 47.8 Å². The molecule has 10 nitrogen and oxygen atoms in total. The summed E-state index contributed by atoms with van der Waals surface area (Å²) in [6.07, 6.45) is -6.17. The van der Waals surface area contributed by atoms with Crippen LogP contribution in [0.3, 0.4) is 0 Å². The molecule has 2 fully saturated rings. The third kappa shape index (κ3) is 9.74. The van der Waals surface area contributed by atoms with Crippen LogP contribution in [0.4, 0.5) is 0 Å². The van der Waals surface area contributed by atoms with Crippen LogP contribution in [0.2, 0.25) is 0 Å². The van der Waals surface area contributed by atoms with Gasteiger partial charge in [-0.1, -0.05) is 152 Å². The number of benzene rings is 6. The fourth-order valence-corrected chi connectivity index (χ4v) is 6.81. The smallest absolute Gasteiger partial charge is 0.338 e. The van der Waals surface area contributed by atoms with E-state index in [9.17, 15) is 9.90 Å². The number of aliphatic hydroxyl groups is 1. The predicted octanol–water partition coefficient (Wildman–Crippen LogP) is 8.37. The van der Waals surface area contributed by atoms with Crippen LogP contribution in [-0.4, -0.2) is 48.4 Å². The summed E-state index contributed by atoms with van der Waals surface area (Å²) in [7, 11) is 0. The van der Waals surface area contributed by atoms with Crippen LogP contribution >= 0.6 is 0 Å². The summed E-state index contributed by atoms with van der Waals surface area (Å²) >= 11 is 0. The lowest BCUT2D eigenvalue weighted by molar-refractivity contribution is -0.362. The lowest BCUT2D eigenvalue weighted by atomic mass is 9.97. The van der Waals surface area contributed by atoms with Crippen molar-refractivity contribution in [3.05, 3.63) is 197 Å². The van der Waals surface area contributed by atoms with Crippen molar-refractivity contribution in [1.82, 2.24) is 0 Å². The largest absolute Gasteiger partial charge is 0.485 e. The van der Waals surface area contributed by atoms with Gasteiger partial charge in [0.25, 0.3) is 0 Å². The molecule has 58 heavy (non-hydrogen) atoms. The summed E-state index contributed by atoms with van der Waals surface area (Å²) in [5.41, 5.74) is 4.54. The molecule has 2 aliphatic rings. The molecule has 1 N–H and O–H groups in total. The van der Waals surface area contributed by atoms with Gasteiger partial charge < -0.3 is 43.0 Å². The SMILES string of the molecule is O=C(O[C@@H]1[C@@H](O)[C@H](OCc2ccccc2)O[C@@H]2COC(c3ccccc3)O[C@@H]12)c1cc(OCc2ccccc2)c(OCc2ccccc2)c(OCc2ccccc2)c1. The molecule has 8 rings (SSSR count). The quantitative estimate of drug-likeness (QED) is 0.102. The Morgan fingerprint density at radius 1 is 0.586 bits per heavy atom. The summed E-state index contributed by atoms with van der Waals surface area (Å²) in [4.78, 5) is 14.5. The van der Waals surface area contributed by atoms with Gasteiger partial charge in [-0.05, 0) is 34.4 Å². The number of fused-ring (bicyclic) bond motifs is 1. The molecule has 0 bridgehead atoms. The van der Waals surface area contributed by atoms with Crippen LogP contribution < -0.4 is 14.2 Å². The van der Waals surface area contributed by atoms with Gasteiger partial charge in [0.15, 0.2) is 30.2 Å². The molecular formula is C48H44O10. The van der Waals surface area contributed by atoms with Crippen LogP contribution in [0, 0.1) is 0 Å². The second-order valence-corrected chi connectivity index (χ2v) is 14.0. The van der Waals surface area contributed by atoms with Gasteiger partial charge >= 0.3 is 5.97 Å². The highest BCUT2D eigenvalue weighted by atomic mass is 16.8. The summed E-state index contributed by atoms with van der Waals surface area (Å²) < 4.78 is 50.3. The van der Waals surface area contributed by atoms with Crippen LogP contribution in [0.25, 0.3) is 0 Å². The van der Waals surface area contributed by atoms with E-state index >= 15 is 0 Å². The average molecular weight is 781 g/mol. The molecule has 0 saturated carbocycles. The Bertz CT molecular complexity index is 2120. The summed E-state index contributed by atoms with van der Waals surface area (Å²) in [6.45, 7) is 0.868. The molecule has 0 aliphatic carbocycles. The zero-order valence-corrected chi connectivity index (χ0v) is 31.7. The van der Waals surface area contributed by atoms with E-state index in [2.05, 4.69) is 0 Å². The maximum absolute atomic E-state index is 14.5. The maximum atomic E-state index is 14.5. The average Bonchev–Trinajstić information content (AvgIpc) is 3.28. The number of aliphatic hydroxyl groups excluding tert-OH is 1. The number of hydrogen-bond donors (Lipinski definition) is 1. The van der Waals surface area contributed by atoms with Crippen molar-refractivity contribution in [3.63, 3.8) is 0 Å². The Labute approximate surface area is 337 Å². The highest BCUT2D eigenvalue weighted by Gasteiger charge is 2.52. The van der Waals surface area contributed by atoms with Crippen LogP contribution in [0.1, 0.15) is 44.5 Å². The van der Waals surface area contributed by atoms with E-state index in [1.54, 1.807) is 12.1 Å². The zero-order valence-electron chi connectivity index (χ0n) is 31.7. The van der Waals surface area contributed by atoms with Crippen molar-refractivity contribution in [2.24, 2.45) is 0 Å². The second-order valence-electron chi connectivity index (χ2n) is 14.0. The number of hydrogen-bond acceptors (Lipinski definition) is 10. The molecule has 6 aromatic rings. The van der Waals surface area contributed by atoms with Gasteiger partial charge in [-0.15, -0.1) is 0 Å². The molecule has 0 amide bonds. The second kappa shape index (κ2) is 19.0. The van der Waals surface area contributed by atoms with Gasteiger partial charge in [0.2, 0.25) is 5.75 Å². The van der Waals surface area contributed by atoms with Gasteiger partial charge in [0.1, 0.15) is 38.1 Å². The molecule has 0 spiro atoms. The summed E-state index contributed by atoms with van der Waals surface area (Å²) in [6, 6.07) is 51.2. The molecule has 2 aliphatic heterocycles. The van der Waals surface area contributed by atoms with Gasteiger partial charge in [-0.25, -0.2) is 4.79 Å². The van der Waals surface area contributed by atoms with Gasteiger partial charge in [0.05, 0.1) is 18.8 Å². The predicted molar refractivity (Wildman–Crippen MR) is 214 cm³/mol. The molecule has 6 atom stereocenters. The van der Waals surface area contributed by atoms with E-state index in [4.69, 9.17) is 37.9 Å². The topological polar surface area (TPSA) is 111 Å². The minimum absolute atomic E-state index is 0.110. The van der Waals surface area contributed by atoms with E-state index in [1.165, 1.54) is 0 Å². The molecule has 0 radical (unpaired) electrons. The first kappa shape index (κ1) is 38.8. The monoisotopic (exact) mass is 780 g/mol. The molecule has 0 aromatic heterocycles. The third-order valence-corrected chi connectivity index (χ3v) is 9.84. The number of esters is 1. The van der Waals surface area contributed by atoms with E-state index in [0.29, 0.717) is 5.75 Å². The molecule has 10 heteroatoms. The molecule has 296 valence electrons. The van der Waals surface area contributed by atoms with E-state index in [-0.39, 0.29) is 50.1 Å². The van der Waals surface area contributed by atoms with Crippen molar-refractivity contribution >= 4 is 5.97 Å². The van der Waals surface area contributed by atoms with Crippen molar-refractivity contribution in [2.75, 3.05) is 6.61 Å². The maximum Gasteiger partial charge on any atom is 0.338 e. The zero-order chi connectivity index (χ0) is 39.5. The number of carbonyl (C=O) groups is 1. The first-order valence-electron chi connectivity index (χ1n) is 19.3. The Hall–Kier alpha value is -6.01. The third-order valence-electron chi connectivity index (χ3n) is 9.84. The lowest BCUT2D eigenvalue weighted by Gasteiger charge is -2.47. The van der Waals surface area contributed by atoms with Crippen molar-refractivity contribution in [1.29, 1.82) is 0 Å². The van der Waals surface area contributed by atoms with E-state index < -0.39 is 43.0 Å². The molecule has 2 heterocycles. The Balaban J connectivity index is 1.11. The highest BCUT2D eigenvalue weighted by Crippen LogP contribution is 2.42. The lowest BCUT2D eigenvalue weighted by Crippen LogP contribution is -2.63. The van der Waals surface area contributed by atoms with Gasteiger partial charge in [-0.2, -0.15) is 0 Å². The standard InChI is InChI=1S/C48H44O10/c49-42-45(44-41(32-55-47(58-44)37-24-14-5-15-25-37)56-48(42)54-31-36-22-12-4-13-23-36)57-46(50)38-26-39(51-28-33-16-6-1-7-17-33)43(53-30-35-20-10-3-11-21-35)40(27-38)52-29-34-18-8-2-9-19-34/h1-27,41-42,44-45,47-49H,28-32H2/t41-,42-,44-,45-,47?,48-/m1/s1.